The maximum Gasteiger partial charge on any atom is 0.319 e. The molecule has 2 atom stereocenters. The molecular formula is C20H29N3O2. The molecule has 0 aromatic heterocycles. The van der Waals surface area contributed by atoms with Crippen LogP contribution in [0, 0.1) is 0 Å². The number of rotatable bonds is 4. The Kier molecular flexibility index (Phi) is 5.11. The van der Waals surface area contributed by atoms with E-state index in [-0.39, 0.29) is 12.1 Å². The predicted molar refractivity (Wildman–Crippen MR) is 99.1 cm³/mol. The molecule has 5 heteroatoms. The van der Waals surface area contributed by atoms with Crippen LogP contribution in [0.3, 0.4) is 0 Å². The van der Waals surface area contributed by atoms with Gasteiger partial charge in [-0.2, -0.15) is 0 Å². The van der Waals surface area contributed by atoms with Crippen molar-refractivity contribution in [2.24, 2.45) is 0 Å². The van der Waals surface area contributed by atoms with E-state index in [1.807, 2.05) is 24.3 Å². The Morgan fingerprint density at radius 3 is 2.52 bits per heavy atom. The number of benzene rings is 1. The van der Waals surface area contributed by atoms with Crippen LogP contribution in [0.25, 0.3) is 0 Å². The summed E-state index contributed by atoms with van der Waals surface area (Å²) >= 11 is 0. The number of fused-ring (bicyclic) bond motifs is 1. The zero-order valence-electron chi connectivity index (χ0n) is 14.9. The number of nitrogens with zero attached hydrogens (tertiary/aromatic N) is 1. The largest absolute Gasteiger partial charge is 0.490 e. The molecule has 1 aromatic carbocycles. The Labute approximate surface area is 150 Å². The number of hydrogen-bond acceptors (Lipinski definition) is 3. The smallest absolute Gasteiger partial charge is 0.319 e. The molecule has 1 aromatic rings. The summed E-state index contributed by atoms with van der Waals surface area (Å²) in [5.74, 6) is 0.895. The van der Waals surface area contributed by atoms with Crippen LogP contribution in [0.4, 0.5) is 10.5 Å². The number of anilines is 1. The van der Waals surface area contributed by atoms with Crippen molar-refractivity contribution in [2.45, 2.75) is 69.6 Å². The molecule has 2 N–H and O–H groups in total. The number of ether oxygens (including phenoxy) is 1. The van der Waals surface area contributed by atoms with E-state index >= 15 is 0 Å². The van der Waals surface area contributed by atoms with Crippen LogP contribution in [-0.4, -0.2) is 42.2 Å². The van der Waals surface area contributed by atoms with Crippen molar-refractivity contribution in [3.63, 3.8) is 0 Å². The summed E-state index contributed by atoms with van der Waals surface area (Å²) in [5, 5.41) is 6.14. The first-order valence-corrected chi connectivity index (χ1v) is 9.86. The van der Waals surface area contributed by atoms with E-state index in [0.717, 1.165) is 37.2 Å². The lowest BCUT2D eigenvalue weighted by Crippen LogP contribution is -2.47. The molecule has 2 heterocycles. The highest BCUT2D eigenvalue weighted by atomic mass is 16.5. The van der Waals surface area contributed by atoms with Crippen molar-refractivity contribution < 1.29 is 9.53 Å². The SMILES string of the molecule is O=C(Nc1ccc(OC2CCCC2)cc1)N[C@H]1CCN2CCCC[C@@H]12. The van der Waals surface area contributed by atoms with Crippen LogP contribution in [-0.2, 0) is 0 Å². The highest BCUT2D eigenvalue weighted by molar-refractivity contribution is 5.89. The average molecular weight is 343 g/mol. The lowest BCUT2D eigenvalue weighted by Gasteiger charge is -2.32. The summed E-state index contributed by atoms with van der Waals surface area (Å²) in [6.07, 6.45) is 10.1. The summed E-state index contributed by atoms with van der Waals surface area (Å²) in [7, 11) is 0. The molecule has 1 saturated carbocycles. The number of nitrogens with one attached hydrogen (secondary N) is 2. The molecule has 25 heavy (non-hydrogen) atoms. The minimum Gasteiger partial charge on any atom is -0.490 e. The molecule has 2 aliphatic heterocycles. The van der Waals surface area contributed by atoms with E-state index in [0.29, 0.717) is 12.1 Å². The molecule has 2 amide bonds. The predicted octanol–water partition coefficient (Wildman–Crippen LogP) is 3.76. The van der Waals surface area contributed by atoms with Gasteiger partial charge in [0.2, 0.25) is 0 Å². The normalized spacial score (nSPS) is 27.0. The molecule has 5 nitrogen and oxygen atoms in total. The summed E-state index contributed by atoms with van der Waals surface area (Å²) in [6.45, 7) is 2.30. The van der Waals surface area contributed by atoms with Gasteiger partial charge in [0.15, 0.2) is 0 Å². The first-order chi connectivity index (χ1) is 12.3. The first-order valence-electron chi connectivity index (χ1n) is 9.86. The van der Waals surface area contributed by atoms with E-state index in [2.05, 4.69) is 15.5 Å². The van der Waals surface area contributed by atoms with Gasteiger partial charge < -0.3 is 15.4 Å². The van der Waals surface area contributed by atoms with Gasteiger partial charge in [-0.1, -0.05) is 6.42 Å². The summed E-state index contributed by atoms with van der Waals surface area (Å²) < 4.78 is 5.97. The average Bonchev–Trinajstić information content (AvgIpc) is 3.27. The van der Waals surface area contributed by atoms with Crippen molar-refractivity contribution in [3.8, 4) is 5.75 Å². The molecule has 3 fully saturated rings. The minimum absolute atomic E-state index is 0.0955. The molecule has 2 saturated heterocycles. The zero-order chi connectivity index (χ0) is 17.1. The van der Waals surface area contributed by atoms with Gasteiger partial charge in [0.05, 0.1) is 6.10 Å². The maximum absolute atomic E-state index is 12.3. The maximum atomic E-state index is 12.3. The van der Waals surface area contributed by atoms with Gasteiger partial charge in [0, 0.05) is 24.3 Å². The lowest BCUT2D eigenvalue weighted by molar-refractivity contribution is 0.180. The van der Waals surface area contributed by atoms with Crippen LogP contribution in [0.2, 0.25) is 0 Å². The molecule has 0 radical (unpaired) electrons. The number of carbonyl (C=O) groups is 1. The Hall–Kier alpha value is -1.75. The first kappa shape index (κ1) is 16.7. The van der Waals surface area contributed by atoms with E-state index < -0.39 is 0 Å². The third-order valence-electron chi connectivity index (χ3n) is 5.89. The van der Waals surface area contributed by atoms with Gasteiger partial charge in [-0.05, 0) is 75.8 Å². The van der Waals surface area contributed by atoms with Gasteiger partial charge in [-0.3, -0.25) is 4.90 Å². The molecule has 3 aliphatic rings. The van der Waals surface area contributed by atoms with Crippen LogP contribution in [0.5, 0.6) is 5.75 Å². The van der Waals surface area contributed by atoms with Crippen LogP contribution >= 0.6 is 0 Å². The van der Waals surface area contributed by atoms with Gasteiger partial charge >= 0.3 is 6.03 Å². The lowest BCUT2D eigenvalue weighted by atomic mass is 9.99. The van der Waals surface area contributed by atoms with Crippen molar-refractivity contribution in [2.75, 3.05) is 18.4 Å². The second-order valence-corrected chi connectivity index (χ2v) is 7.64. The fourth-order valence-electron chi connectivity index (χ4n) is 4.57. The van der Waals surface area contributed by atoms with Crippen LogP contribution in [0.1, 0.15) is 51.4 Å². The highest BCUT2D eigenvalue weighted by Gasteiger charge is 2.36. The number of amides is 2. The molecule has 0 unspecified atom stereocenters. The van der Waals surface area contributed by atoms with Crippen molar-refractivity contribution in [1.29, 1.82) is 0 Å². The Morgan fingerprint density at radius 1 is 0.960 bits per heavy atom. The second-order valence-electron chi connectivity index (χ2n) is 7.64. The van der Waals surface area contributed by atoms with Gasteiger partial charge in [0.1, 0.15) is 5.75 Å². The summed E-state index contributed by atoms with van der Waals surface area (Å²) in [6, 6.07) is 8.46. The molecule has 136 valence electrons. The fraction of sp³-hybridized carbons (Fsp3) is 0.650. The molecule has 4 rings (SSSR count). The molecule has 0 bridgehead atoms. The number of hydrogen-bond donors (Lipinski definition) is 2. The standard InChI is InChI=1S/C20H29N3O2/c24-20(22-18-12-14-23-13-4-3-7-19(18)23)21-15-8-10-17(11-9-15)25-16-5-1-2-6-16/h8-11,16,18-19H,1-7,12-14H2,(H2,21,22,24)/t18-,19-/m0/s1. The number of urea groups is 1. The van der Waals surface area contributed by atoms with Crippen LogP contribution < -0.4 is 15.4 Å². The Morgan fingerprint density at radius 2 is 1.72 bits per heavy atom. The molecule has 0 spiro atoms. The summed E-state index contributed by atoms with van der Waals surface area (Å²) in [4.78, 5) is 14.9. The van der Waals surface area contributed by atoms with Gasteiger partial charge in [-0.15, -0.1) is 0 Å². The third kappa shape index (κ3) is 4.09. The Balaban J connectivity index is 1.27. The van der Waals surface area contributed by atoms with Crippen molar-refractivity contribution >= 4 is 11.7 Å². The third-order valence-corrected chi connectivity index (χ3v) is 5.89. The molecular weight excluding hydrogens is 314 g/mol. The number of piperidine rings is 1. The minimum atomic E-state index is -0.0955. The topological polar surface area (TPSA) is 53.6 Å². The highest BCUT2D eigenvalue weighted by Crippen LogP contribution is 2.27. The van der Waals surface area contributed by atoms with Crippen molar-refractivity contribution in [3.05, 3.63) is 24.3 Å². The quantitative estimate of drug-likeness (QED) is 0.875. The monoisotopic (exact) mass is 343 g/mol. The Bertz CT molecular complexity index is 583. The van der Waals surface area contributed by atoms with Gasteiger partial charge in [0.25, 0.3) is 0 Å². The fourth-order valence-corrected chi connectivity index (χ4v) is 4.57. The van der Waals surface area contributed by atoms with E-state index in [9.17, 15) is 4.79 Å². The number of carbonyl (C=O) groups excluding carboxylic acids is 1. The second kappa shape index (κ2) is 7.65. The van der Waals surface area contributed by atoms with E-state index in [1.165, 1.54) is 38.6 Å². The summed E-state index contributed by atoms with van der Waals surface area (Å²) in [5.41, 5.74) is 0.815. The van der Waals surface area contributed by atoms with E-state index in [4.69, 9.17) is 4.74 Å². The van der Waals surface area contributed by atoms with Crippen molar-refractivity contribution in [1.82, 2.24) is 10.2 Å². The van der Waals surface area contributed by atoms with Crippen LogP contribution in [0.15, 0.2) is 24.3 Å². The van der Waals surface area contributed by atoms with Gasteiger partial charge in [-0.25, -0.2) is 4.79 Å². The molecule has 1 aliphatic carbocycles. The zero-order valence-corrected chi connectivity index (χ0v) is 14.9. The van der Waals surface area contributed by atoms with E-state index in [1.54, 1.807) is 0 Å².